The van der Waals surface area contributed by atoms with Crippen LogP contribution in [0.25, 0.3) is 0 Å². The first-order valence-corrected chi connectivity index (χ1v) is 6.39. The minimum atomic E-state index is -3.52. The van der Waals surface area contributed by atoms with E-state index >= 15 is 0 Å². The molecule has 4 heteroatoms. The third-order valence-electron chi connectivity index (χ3n) is 3.33. The Morgan fingerprint density at radius 3 is 2.67 bits per heavy atom. The summed E-state index contributed by atoms with van der Waals surface area (Å²) in [6, 6.07) is -1.20. The summed E-state index contributed by atoms with van der Waals surface area (Å²) in [6.07, 6.45) is -3.52. The molecule has 1 aromatic heterocycles. The van der Waals surface area contributed by atoms with Crippen LogP contribution in [0.1, 0.15) is 73.6 Å². The fraction of sp³-hybridized carbons (Fsp3) is 0.714. The standard InChI is InChI=1S/C14H23BO2S/c1-7-10(2)11-8-9-12(18-11)15-16-13(3,4)14(5,6)17-15/h8-10H,7H2,1-6H3/i1D3,2D3,7D2,8D,9D,10D. The lowest BCUT2D eigenvalue weighted by atomic mass is 9.88. The Bertz CT molecular complexity index is 783. The molecule has 18 heavy (non-hydrogen) atoms. The molecule has 1 atom stereocenters. The smallest absolute Gasteiger partial charge is 0.399 e. The first-order valence-electron chi connectivity index (χ1n) is 11.1. The first kappa shape index (κ1) is 5.59. The molecule has 1 saturated heterocycles. The SMILES string of the molecule is [2H]c1c(B2OC(C)(C)C(C)(C)O2)sc(C([2H])(C([2H])([2H])[2H])C([2H])([2H])C([2H])([2H])[2H])c1[2H]. The summed E-state index contributed by atoms with van der Waals surface area (Å²) in [5.41, 5.74) is -1.57. The molecule has 0 radical (unpaired) electrons. The lowest BCUT2D eigenvalue weighted by molar-refractivity contribution is 0.00578. The summed E-state index contributed by atoms with van der Waals surface area (Å²) in [5, 5.41) is 0. The van der Waals surface area contributed by atoms with Crippen molar-refractivity contribution in [1.82, 2.24) is 0 Å². The van der Waals surface area contributed by atoms with Crippen molar-refractivity contribution in [2.75, 3.05) is 0 Å². The average molecular weight is 277 g/mol. The Hall–Kier alpha value is -0.315. The average Bonchev–Trinajstić information content (AvgIpc) is 2.90. The second-order valence-electron chi connectivity index (χ2n) is 5.13. The molecule has 1 fully saturated rings. The highest BCUT2D eigenvalue weighted by molar-refractivity contribution is 7.22. The van der Waals surface area contributed by atoms with E-state index in [-0.39, 0.29) is 4.78 Å². The van der Waals surface area contributed by atoms with Gasteiger partial charge in [-0.2, -0.15) is 0 Å². The van der Waals surface area contributed by atoms with E-state index < -0.39 is 61.3 Å². The van der Waals surface area contributed by atoms with Gasteiger partial charge in [-0.1, -0.05) is 19.7 Å². The summed E-state index contributed by atoms with van der Waals surface area (Å²) < 4.78 is 98.1. The van der Waals surface area contributed by atoms with Crippen LogP contribution in [-0.2, 0) is 9.31 Å². The molecule has 1 unspecified atom stereocenters. The summed E-state index contributed by atoms with van der Waals surface area (Å²) in [6.45, 7) is 0.167. The molecule has 0 saturated carbocycles. The summed E-state index contributed by atoms with van der Waals surface area (Å²) >= 11 is 0.499. The molecule has 1 aliphatic heterocycles. The van der Waals surface area contributed by atoms with Crippen LogP contribution in [0.3, 0.4) is 0 Å². The van der Waals surface area contributed by atoms with Gasteiger partial charge >= 0.3 is 7.12 Å². The number of rotatable bonds is 3. The lowest BCUT2D eigenvalue weighted by Gasteiger charge is -2.32. The second-order valence-corrected chi connectivity index (χ2v) is 6.19. The van der Waals surface area contributed by atoms with Crippen LogP contribution in [0, 0.1) is 0 Å². The number of hydrogen-bond acceptors (Lipinski definition) is 3. The quantitative estimate of drug-likeness (QED) is 0.786. The van der Waals surface area contributed by atoms with E-state index in [0.29, 0.717) is 11.3 Å². The zero-order chi connectivity index (χ0) is 23.0. The van der Waals surface area contributed by atoms with E-state index in [1.165, 1.54) is 0 Å². The van der Waals surface area contributed by atoms with E-state index in [0.717, 1.165) is 0 Å². The van der Waals surface area contributed by atoms with E-state index in [9.17, 15) is 0 Å². The van der Waals surface area contributed by atoms with Crippen LogP contribution < -0.4 is 4.78 Å². The van der Waals surface area contributed by atoms with Crippen molar-refractivity contribution in [2.45, 2.75) is 64.9 Å². The molecule has 0 aromatic carbocycles. The van der Waals surface area contributed by atoms with Crippen molar-refractivity contribution >= 4 is 23.2 Å². The highest BCUT2D eigenvalue weighted by atomic mass is 32.1. The maximum Gasteiger partial charge on any atom is 0.505 e. The normalized spacial score (nSPS) is 36.2. The van der Waals surface area contributed by atoms with Gasteiger partial charge in [-0.3, -0.25) is 0 Å². The number of thiophene rings is 1. The van der Waals surface area contributed by atoms with Gasteiger partial charge in [0.2, 0.25) is 0 Å². The van der Waals surface area contributed by atoms with Gasteiger partial charge in [0.25, 0.3) is 0 Å². The van der Waals surface area contributed by atoms with Gasteiger partial charge in [0.05, 0.1) is 13.9 Å². The highest BCUT2D eigenvalue weighted by Crippen LogP contribution is 2.37. The van der Waals surface area contributed by atoms with E-state index in [2.05, 4.69) is 0 Å². The van der Waals surface area contributed by atoms with Crippen molar-refractivity contribution in [1.29, 1.82) is 0 Å². The maximum atomic E-state index is 8.48. The maximum absolute atomic E-state index is 8.48. The van der Waals surface area contributed by atoms with E-state index in [1.54, 1.807) is 27.7 Å². The van der Waals surface area contributed by atoms with Gasteiger partial charge in [-0.15, -0.1) is 11.3 Å². The monoisotopic (exact) mass is 277 g/mol. The molecule has 0 bridgehead atoms. The molecular weight excluding hydrogens is 243 g/mol. The Labute approximate surface area is 130 Å². The zero-order valence-electron chi connectivity index (χ0n) is 21.8. The van der Waals surface area contributed by atoms with Gasteiger partial charge < -0.3 is 9.31 Å². The minimum absolute atomic E-state index is 0.00846. The van der Waals surface area contributed by atoms with Crippen molar-refractivity contribution in [3.05, 3.63) is 17.0 Å². The molecule has 2 nitrogen and oxygen atoms in total. The van der Waals surface area contributed by atoms with E-state index in [1.807, 2.05) is 0 Å². The van der Waals surface area contributed by atoms with Crippen LogP contribution in [0.5, 0.6) is 0 Å². The Kier molecular flexibility index (Phi) is 1.45. The Morgan fingerprint density at radius 1 is 1.44 bits per heavy atom. The van der Waals surface area contributed by atoms with Crippen molar-refractivity contribution < 1.29 is 24.4 Å². The Morgan fingerprint density at radius 2 is 2.11 bits per heavy atom. The predicted molar refractivity (Wildman–Crippen MR) is 78.7 cm³/mol. The van der Waals surface area contributed by atoms with Crippen molar-refractivity contribution in [3.8, 4) is 0 Å². The van der Waals surface area contributed by atoms with Gasteiger partial charge in [0, 0.05) is 22.0 Å². The van der Waals surface area contributed by atoms with Gasteiger partial charge in [0.15, 0.2) is 0 Å². The van der Waals surface area contributed by atoms with Gasteiger partial charge in [-0.05, 0) is 46.0 Å². The highest BCUT2D eigenvalue weighted by Gasteiger charge is 2.52. The zero-order valence-corrected chi connectivity index (χ0v) is 11.6. The molecule has 0 aliphatic carbocycles. The predicted octanol–water partition coefficient (Wildman–Crippen LogP) is 3.56. The van der Waals surface area contributed by atoms with Gasteiger partial charge in [-0.25, -0.2) is 0 Å². The number of hydrogen-bond donors (Lipinski definition) is 0. The van der Waals surface area contributed by atoms with Crippen LogP contribution >= 0.6 is 11.3 Å². The van der Waals surface area contributed by atoms with Crippen LogP contribution in [0.15, 0.2) is 12.1 Å². The molecule has 0 amide bonds. The largest absolute Gasteiger partial charge is 0.505 e. The Balaban J connectivity index is 2.70. The van der Waals surface area contributed by atoms with Crippen LogP contribution in [-0.4, -0.2) is 18.3 Å². The molecule has 1 aromatic rings. The second kappa shape index (κ2) is 4.66. The van der Waals surface area contributed by atoms with Crippen molar-refractivity contribution in [2.24, 2.45) is 0 Å². The summed E-state index contributed by atoms with van der Waals surface area (Å²) in [4.78, 5) is -0.673. The molecule has 1 aliphatic rings. The van der Waals surface area contributed by atoms with Crippen LogP contribution in [0.2, 0.25) is 0 Å². The molecule has 2 heterocycles. The third kappa shape index (κ3) is 2.38. The topological polar surface area (TPSA) is 18.5 Å². The van der Waals surface area contributed by atoms with Crippen molar-refractivity contribution in [3.63, 3.8) is 0 Å². The lowest BCUT2D eigenvalue weighted by Crippen LogP contribution is -2.41. The van der Waals surface area contributed by atoms with Crippen LogP contribution in [0.4, 0.5) is 0 Å². The molecule has 100 valence electrons. The summed E-state index contributed by atoms with van der Waals surface area (Å²) in [7, 11) is -1.13. The summed E-state index contributed by atoms with van der Waals surface area (Å²) in [5.74, 6) is -3.30. The minimum Gasteiger partial charge on any atom is -0.399 e. The fourth-order valence-corrected chi connectivity index (χ4v) is 2.28. The molecular formula is C14H23BO2S. The molecule has 0 N–H and O–H groups in total. The molecule has 2 rings (SSSR count). The van der Waals surface area contributed by atoms with Gasteiger partial charge in [0.1, 0.15) is 0 Å². The molecule has 0 spiro atoms. The fourth-order valence-electron chi connectivity index (χ4n) is 1.51. The third-order valence-corrected chi connectivity index (χ3v) is 4.36. The first-order chi connectivity index (χ1) is 12.6. The van der Waals surface area contributed by atoms with E-state index in [4.69, 9.17) is 24.4 Å².